The summed E-state index contributed by atoms with van der Waals surface area (Å²) < 4.78 is 4.83. The van der Waals surface area contributed by atoms with Gasteiger partial charge < -0.3 is 14.9 Å². The largest absolute Gasteiger partial charge is 0.481 e. The zero-order valence-electron chi connectivity index (χ0n) is 18.2. The number of rotatable bonds is 16. The Hall–Kier alpha value is -0.610. The van der Waals surface area contributed by atoms with Gasteiger partial charge in [-0.3, -0.25) is 4.79 Å². The number of hydrogen-bond acceptors (Lipinski definition) is 3. The molecule has 0 aliphatic heterocycles. The van der Waals surface area contributed by atoms with Crippen LogP contribution in [0.15, 0.2) is 0 Å². The molecule has 160 valence electrons. The summed E-state index contributed by atoms with van der Waals surface area (Å²) in [5.41, 5.74) is 0. The van der Waals surface area contributed by atoms with E-state index in [-0.39, 0.29) is 0 Å². The lowest BCUT2D eigenvalue weighted by molar-refractivity contribution is -0.134. The number of carboxylic acid groups (broad SMARTS) is 1. The van der Waals surface area contributed by atoms with Crippen molar-refractivity contribution in [3.8, 4) is 0 Å². The SMILES string of the molecule is CC(=O)O.CCCCCCCCCCCCCCCCO.CCOCC. The van der Waals surface area contributed by atoms with Crippen LogP contribution < -0.4 is 0 Å². The van der Waals surface area contributed by atoms with Crippen LogP contribution in [0.5, 0.6) is 0 Å². The summed E-state index contributed by atoms with van der Waals surface area (Å²) >= 11 is 0. The van der Waals surface area contributed by atoms with Gasteiger partial charge in [0, 0.05) is 26.7 Å². The minimum absolute atomic E-state index is 0.373. The Kier molecular flexibility index (Phi) is 37.2. The average Bonchev–Trinajstić information content (AvgIpc) is 2.60. The van der Waals surface area contributed by atoms with E-state index < -0.39 is 5.97 Å². The summed E-state index contributed by atoms with van der Waals surface area (Å²) in [6, 6.07) is 0. The maximum Gasteiger partial charge on any atom is 0.300 e. The summed E-state index contributed by atoms with van der Waals surface area (Å²) in [7, 11) is 0. The Morgan fingerprint density at radius 2 is 0.923 bits per heavy atom. The lowest BCUT2D eigenvalue weighted by Gasteiger charge is -2.02. The van der Waals surface area contributed by atoms with E-state index in [1.807, 2.05) is 13.8 Å². The first-order valence-corrected chi connectivity index (χ1v) is 10.9. The molecule has 0 amide bonds. The molecule has 0 unspecified atom stereocenters. The fourth-order valence-corrected chi connectivity index (χ4v) is 2.51. The first kappa shape index (κ1) is 30.1. The smallest absolute Gasteiger partial charge is 0.300 e. The van der Waals surface area contributed by atoms with Gasteiger partial charge in [-0.05, 0) is 20.3 Å². The van der Waals surface area contributed by atoms with Crippen LogP contribution >= 0.6 is 0 Å². The van der Waals surface area contributed by atoms with Crippen LogP contribution in [0.2, 0.25) is 0 Å². The molecular weight excluding hydrogens is 328 g/mol. The van der Waals surface area contributed by atoms with Crippen molar-refractivity contribution in [2.75, 3.05) is 19.8 Å². The van der Waals surface area contributed by atoms with Gasteiger partial charge in [-0.1, -0.05) is 90.4 Å². The van der Waals surface area contributed by atoms with E-state index >= 15 is 0 Å². The number of aliphatic carboxylic acids is 1. The average molecular weight is 377 g/mol. The highest BCUT2D eigenvalue weighted by Gasteiger charge is 1.93. The van der Waals surface area contributed by atoms with E-state index in [1.165, 1.54) is 83.5 Å². The van der Waals surface area contributed by atoms with Gasteiger partial charge in [-0.2, -0.15) is 0 Å². The number of hydrogen-bond donors (Lipinski definition) is 2. The van der Waals surface area contributed by atoms with Gasteiger partial charge in [0.05, 0.1) is 0 Å². The molecule has 0 heterocycles. The molecule has 0 aromatic rings. The summed E-state index contributed by atoms with van der Waals surface area (Å²) in [5.74, 6) is -0.833. The highest BCUT2D eigenvalue weighted by molar-refractivity contribution is 5.62. The van der Waals surface area contributed by atoms with E-state index in [2.05, 4.69) is 6.92 Å². The van der Waals surface area contributed by atoms with Crippen molar-refractivity contribution in [3.05, 3.63) is 0 Å². The molecule has 0 aliphatic carbocycles. The quantitative estimate of drug-likeness (QED) is 0.298. The third-order valence-electron chi connectivity index (χ3n) is 3.92. The summed E-state index contributed by atoms with van der Waals surface area (Å²) in [6.45, 7) is 9.40. The second-order valence-corrected chi connectivity index (χ2v) is 6.62. The van der Waals surface area contributed by atoms with Crippen molar-refractivity contribution in [3.63, 3.8) is 0 Å². The van der Waals surface area contributed by atoms with E-state index in [0.29, 0.717) is 6.61 Å². The van der Waals surface area contributed by atoms with Crippen LogP contribution in [0.3, 0.4) is 0 Å². The normalized spacial score (nSPS) is 9.73. The summed E-state index contributed by atoms with van der Waals surface area (Å²) in [5, 5.41) is 16.1. The third kappa shape index (κ3) is 49.5. The molecule has 0 saturated carbocycles. The fourth-order valence-electron chi connectivity index (χ4n) is 2.51. The second kappa shape index (κ2) is 32.1. The van der Waals surface area contributed by atoms with Gasteiger partial charge in [-0.25, -0.2) is 0 Å². The van der Waals surface area contributed by atoms with Crippen LogP contribution in [0.25, 0.3) is 0 Å². The van der Waals surface area contributed by atoms with Crippen LogP contribution in [-0.4, -0.2) is 36.0 Å². The fraction of sp³-hybridized carbons (Fsp3) is 0.955. The molecule has 0 aromatic heterocycles. The Balaban J connectivity index is -0.000000484. The second-order valence-electron chi connectivity index (χ2n) is 6.62. The maximum atomic E-state index is 9.00. The zero-order valence-corrected chi connectivity index (χ0v) is 18.2. The molecule has 0 spiro atoms. The van der Waals surface area contributed by atoms with Crippen molar-refractivity contribution < 1.29 is 19.7 Å². The number of ether oxygens (including phenoxy) is 1. The van der Waals surface area contributed by atoms with Gasteiger partial charge in [0.15, 0.2) is 0 Å². The first-order valence-electron chi connectivity index (χ1n) is 10.9. The zero-order chi connectivity index (χ0) is 20.3. The monoisotopic (exact) mass is 376 g/mol. The molecular formula is C22H48O4. The van der Waals surface area contributed by atoms with Gasteiger partial charge in [0.1, 0.15) is 0 Å². The molecule has 0 atom stereocenters. The number of carboxylic acids is 1. The van der Waals surface area contributed by atoms with Crippen molar-refractivity contribution in [1.29, 1.82) is 0 Å². The highest BCUT2D eigenvalue weighted by atomic mass is 16.5. The Labute approximate surface area is 163 Å². The number of unbranched alkanes of at least 4 members (excludes halogenated alkanes) is 13. The van der Waals surface area contributed by atoms with Gasteiger partial charge in [-0.15, -0.1) is 0 Å². The lowest BCUT2D eigenvalue weighted by atomic mass is 10.0. The van der Waals surface area contributed by atoms with Crippen molar-refractivity contribution in [1.82, 2.24) is 0 Å². The molecule has 0 aromatic carbocycles. The molecule has 0 saturated heterocycles. The number of aliphatic hydroxyl groups excluding tert-OH is 1. The van der Waals surface area contributed by atoms with E-state index in [1.54, 1.807) is 0 Å². The van der Waals surface area contributed by atoms with Gasteiger partial charge >= 0.3 is 0 Å². The molecule has 0 radical (unpaired) electrons. The lowest BCUT2D eigenvalue weighted by Crippen LogP contribution is -1.84. The third-order valence-corrected chi connectivity index (χ3v) is 3.92. The first-order chi connectivity index (χ1) is 12.6. The summed E-state index contributed by atoms with van der Waals surface area (Å²) in [6.07, 6.45) is 19.2. The Morgan fingerprint density at radius 1 is 0.654 bits per heavy atom. The van der Waals surface area contributed by atoms with Crippen LogP contribution in [-0.2, 0) is 9.53 Å². The highest BCUT2D eigenvalue weighted by Crippen LogP contribution is 2.12. The maximum absolute atomic E-state index is 9.00. The van der Waals surface area contributed by atoms with E-state index in [0.717, 1.165) is 26.6 Å². The standard InChI is InChI=1S/C16H34O.C4H10O.C2H4O2/c1-2-3-4-5-6-7-8-9-10-11-12-13-14-15-16-17;1-3-5-4-2;1-2(3)4/h17H,2-16H2,1H3;3-4H2,1-2H3;1H3,(H,3,4). The predicted molar refractivity (Wildman–Crippen MR) is 113 cm³/mol. The molecule has 2 N–H and O–H groups in total. The molecule has 0 fully saturated rings. The van der Waals surface area contributed by atoms with Crippen LogP contribution in [0.1, 0.15) is 118 Å². The Morgan fingerprint density at radius 3 is 1.12 bits per heavy atom. The topological polar surface area (TPSA) is 66.8 Å². The minimum Gasteiger partial charge on any atom is -0.481 e. The van der Waals surface area contributed by atoms with Crippen LogP contribution in [0.4, 0.5) is 0 Å². The van der Waals surface area contributed by atoms with Gasteiger partial charge in [0.25, 0.3) is 5.97 Å². The molecule has 4 nitrogen and oxygen atoms in total. The van der Waals surface area contributed by atoms with E-state index in [9.17, 15) is 0 Å². The molecule has 26 heavy (non-hydrogen) atoms. The predicted octanol–water partition coefficient (Wildman–Crippen LogP) is 6.59. The van der Waals surface area contributed by atoms with Crippen LogP contribution in [0, 0.1) is 0 Å². The molecule has 4 heteroatoms. The van der Waals surface area contributed by atoms with Crippen molar-refractivity contribution >= 4 is 5.97 Å². The minimum atomic E-state index is -0.833. The molecule has 0 aliphatic rings. The van der Waals surface area contributed by atoms with E-state index in [4.69, 9.17) is 19.7 Å². The van der Waals surface area contributed by atoms with Crippen molar-refractivity contribution in [2.45, 2.75) is 118 Å². The van der Waals surface area contributed by atoms with Crippen molar-refractivity contribution in [2.24, 2.45) is 0 Å². The number of carbonyl (C=O) groups is 1. The Bertz CT molecular complexity index is 212. The molecule has 0 bridgehead atoms. The summed E-state index contributed by atoms with van der Waals surface area (Å²) in [4.78, 5) is 9.00. The van der Waals surface area contributed by atoms with Gasteiger partial charge in [0.2, 0.25) is 0 Å². The molecule has 0 rings (SSSR count). The number of aliphatic hydroxyl groups is 1.